The van der Waals surface area contributed by atoms with Gasteiger partial charge in [-0.25, -0.2) is 0 Å². The Balaban J connectivity index is 2.12. The summed E-state index contributed by atoms with van der Waals surface area (Å²) < 4.78 is 0. The van der Waals surface area contributed by atoms with Crippen LogP contribution in [-0.2, 0) is 12.8 Å². The summed E-state index contributed by atoms with van der Waals surface area (Å²) in [5.41, 5.74) is 2.63. The molecule has 1 aromatic carbocycles. The van der Waals surface area contributed by atoms with Crippen molar-refractivity contribution in [2.45, 2.75) is 51.6 Å². The molecule has 0 saturated heterocycles. The molecule has 0 aliphatic heterocycles. The Bertz CT molecular complexity index is 443. The monoisotopic (exact) mass is 248 g/mol. The highest BCUT2D eigenvalue weighted by Crippen LogP contribution is 2.25. The van der Waals surface area contributed by atoms with E-state index in [9.17, 15) is 10.1 Å². The van der Waals surface area contributed by atoms with Crippen LogP contribution in [0.4, 0.5) is 5.69 Å². The molecular formula is C14H20N2O2. The molecular weight excluding hydrogens is 228 g/mol. The molecule has 4 nitrogen and oxygen atoms in total. The molecule has 98 valence electrons. The molecule has 0 aromatic heterocycles. The van der Waals surface area contributed by atoms with E-state index in [-0.39, 0.29) is 10.6 Å². The summed E-state index contributed by atoms with van der Waals surface area (Å²) in [7, 11) is 0. The molecule has 18 heavy (non-hydrogen) atoms. The third-order valence-corrected chi connectivity index (χ3v) is 3.49. The maximum Gasteiger partial charge on any atom is 0.269 e. The van der Waals surface area contributed by atoms with Crippen molar-refractivity contribution in [3.63, 3.8) is 0 Å². The molecule has 2 rings (SSSR count). The lowest BCUT2D eigenvalue weighted by atomic mass is 10.0. The number of nitro groups is 1. The van der Waals surface area contributed by atoms with Crippen LogP contribution in [0.2, 0.25) is 0 Å². The molecule has 0 radical (unpaired) electrons. The molecule has 1 aromatic rings. The highest BCUT2D eigenvalue weighted by Gasteiger charge is 2.18. The van der Waals surface area contributed by atoms with E-state index in [0.29, 0.717) is 12.1 Å². The lowest BCUT2D eigenvalue weighted by Gasteiger charge is -2.18. The van der Waals surface area contributed by atoms with Crippen LogP contribution in [0, 0.1) is 10.1 Å². The van der Waals surface area contributed by atoms with Crippen LogP contribution in [0.3, 0.4) is 0 Å². The van der Waals surface area contributed by atoms with Crippen molar-refractivity contribution in [3.05, 3.63) is 39.4 Å². The van der Waals surface area contributed by atoms with Crippen molar-refractivity contribution in [2.24, 2.45) is 0 Å². The number of hydrogen-bond donors (Lipinski definition) is 1. The average Bonchev–Trinajstić information content (AvgIpc) is 2.50. The third kappa shape index (κ3) is 3.07. The zero-order valence-corrected chi connectivity index (χ0v) is 11.0. The second kappa shape index (κ2) is 5.48. The standard InChI is InChI=1S/C14H20N2O2/c1-10(2)15-13-6-3-11-5-8-14(16(17)18)9-12(11)4-7-13/h5,8-10,13,15H,3-4,6-7H2,1-2H3. The number of non-ortho nitro benzene ring substituents is 1. The number of nitrogens with one attached hydrogen (secondary N) is 1. The van der Waals surface area contributed by atoms with Crippen LogP contribution in [-0.4, -0.2) is 17.0 Å². The van der Waals surface area contributed by atoms with Crippen LogP contribution >= 0.6 is 0 Å². The van der Waals surface area contributed by atoms with Gasteiger partial charge < -0.3 is 5.32 Å². The molecule has 1 unspecified atom stereocenters. The van der Waals surface area contributed by atoms with Crippen molar-refractivity contribution < 1.29 is 4.92 Å². The molecule has 1 N–H and O–H groups in total. The quantitative estimate of drug-likeness (QED) is 0.508. The summed E-state index contributed by atoms with van der Waals surface area (Å²) in [5, 5.41) is 14.3. The number of nitrogens with zero attached hydrogens (tertiary/aromatic N) is 1. The average molecular weight is 248 g/mol. The molecule has 0 fully saturated rings. The maximum absolute atomic E-state index is 10.8. The SMILES string of the molecule is CC(C)NC1CCc2ccc([N+](=O)[O-])cc2CC1. The summed E-state index contributed by atoms with van der Waals surface area (Å²) in [4.78, 5) is 10.5. The predicted octanol–water partition coefficient (Wildman–Crippen LogP) is 2.84. The lowest BCUT2D eigenvalue weighted by molar-refractivity contribution is -0.384. The van der Waals surface area contributed by atoms with Crippen LogP contribution in [0.1, 0.15) is 37.8 Å². The first kappa shape index (κ1) is 13.0. The fraction of sp³-hybridized carbons (Fsp3) is 0.571. The number of fused-ring (bicyclic) bond motifs is 1. The van der Waals surface area contributed by atoms with Gasteiger partial charge in [-0.15, -0.1) is 0 Å². The van der Waals surface area contributed by atoms with Crippen molar-refractivity contribution in [2.75, 3.05) is 0 Å². The number of aryl methyl sites for hydroxylation is 2. The topological polar surface area (TPSA) is 55.2 Å². The van der Waals surface area contributed by atoms with E-state index < -0.39 is 0 Å². The zero-order valence-electron chi connectivity index (χ0n) is 11.0. The number of hydrogen-bond acceptors (Lipinski definition) is 3. The van der Waals surface area contributed by atoms with E-state index in [4.69, 9.17) is 0 Å². The molecule has 1 aliphatic rings. The minimum absolute atomic E-state index is 0.212. The van der Waals surface area contributed by atoms with Crippen LogP contribution < -0.4 is 5.32 Å². The Morgan fingerprint density at radius 2 is 1.94 bits per heavy atom. The van der Waals surface area contributed by atoms with Gasteiger partial charge in [0.25, 0.3) is 5.69 Å². The first-order valence-electron chi connectivity index (χ1n) is 6.58. The van der Waals surface area contributed by atoms with E-state index in [1.807, 2.05) is 6.07 Å². The van der Waals surface area contributed by atoms with Gasteiger partial charge in [0, 0.05) is 24.2 Å². The van der Waals surface area contributed by atoms with E-state index in [1.165, 1.54) is 5.56 Å². The summed E-state index contributed by atoms with van der Waals surface area (Å²) in [6.07, 6.45) is 4.12. The normalized spacial score (nSPS) is 19.4. The minimum Gasteiger partial charge on any atom is -0.312 e. The van der Waals surface area contributed by atoms with Gasteiger partial charge in [0.05, 0.1) is 4.92 Å². The van der Waals surface area contributed by atoms with Gasteiger partial charge in [0.1, 0.15) is 0 Å². The Labute approximate surface area is 108 Å². The third-order valence-electron chi connectivity index (χ3n) is 3.49. The first-order chi connectivity index (χ1) is 8.56. The highest BCUT2D eigenvalue weighted by molar-refractivity contribution is 5.40. The molecule has 4 heteroatoms. The second-order valence-corrected chi connectivity index (χ2v) is 5.31. The Morgan fingerprint density at radius 3 is 2.56 bits per heavy atom. The molecule has 0 bridgehead atoms. The van der Waals surface area contributed by atoms with Crippen LogP contribution in [0.15, 0.2) is 18.2 Å². The molecule has 0 spiro atoms. The fourth-order valence-electron chi connectivity index (χ4n) is 2.64. The zero-order chi connectivity index (χ0) is 13.1. The number of rotatable bonds is 3. The van der Waals surface area contributed by atoms with Crippen molar-refractivity contribution in [1.82, 2.24) is 5.32 Å². The lowest BCUT2D eigenvalue weighted by Crippen LogP contribution is -2.34. The predicted molar refractivity (Wildman–Crippen MR) is 71.8 cm³/mol. The van der Waals surface area contributed by atoms with Gasteiger partial charge in [-0.3, -0.25) is 10.1 Å². The summed E-state index contributed by atoms with van der Waals surface area (Å²) in [5.74, 6) is 0. The summed E-state index contributed by atoms with van der Waals surface area (Å²) in [6.45, 7) is 4.31. The van der Waals surface area contributed by atoms with Gasteiger partial charge in [0.15, 0.2) is 0 Å². The molecule has 0 amide bonds. The van der Waals surface area contributed by atoms with Gasteiger partial charge in [-0.1, -0.05) is 19.9 Å². The van der Waals surface area contributed by atoms with E-state index >= 15 is 0 Å². The van der Waals surface area contributed by atoms with E-state index in [1.54, 1.807) is 12.1 Å². The summed E-state index contributed by atoms with van der Waals surface area (Å²) >= 11 is 0. The molecule has 1 aliphatic carbocycles. The van der Waals surface area contributed by atoms with Gasteiger partial charge in [-0.05, 0) is 36.8 Å². The molecule has 0 heterocycles. The molecule has 0 saturated carbocycles. The van der Waals surface area contributed by atoms with E-state index in [0.717, 1.165) is 31.2 Å². The van der Waals surface area contributed by atoms with Crippen LogP contribution in [0.5, 0.6) is 0 Å². The van der Waals surface area contributed by atoms with Gasteiger partial charge in [-0.2, -0.15) is 0 Å². The Kier molecular flexibility index (Phi) is 3.97. The summed E-state index contributed by atoms with van der Waals surface area (Å²) in [6, 6.07) is 6.30. The second-order valence-electron chi connectivity index (χ2n) is 5.31. The smallest absolute Gasteiger partial charge is 0.269 e. The number of nitro benzene ring substituents is 1. The largest absolute Gasteiger partial charge is 0.312 e. The Morgan fingerprint density at radius 1 is 1.28 bits per heavy atom. The van der Waals surface area contributed by atoms with Crippen molar-refractivity contribution in [3.8, 4) is 0 Å². The van der Waals surface area contributed by atoms with Crippen LogP contribution in [0.25, 0.3) is 0 Å². The minimum atomic E-state index is -0.310. The van der Waals surface area contributed by atoms with Gasteiger partial charge >= 0.3 is 0 Å². The molecule has 1 atom stereocenters. The maximum atomic E-state index is 10.8. The highest BCUT2D eigenvalue weighted by atomic mass is 16.6. The number of benzene rings is 1. The van der Waals surface area contributed by atoms with Gasteiger partial charge in [0.2, 0.25) is 0 Å². The Hall–Kier alpha value is -1.42. The van der Waals surface area contributed by atoms with E-state index in [2.05, 4.69) is 19.2 Å². The van der Waals surface area contributed by atoms with Crippen molar-refractivity contribution in [1.29, 1.82) is 0 Å². The first-order valence-corrected chi connectivity index (χ1v) is 6.58. The fourth-order valence-corrected chi connectivity index (χ4v) is 2.64. The van der Waals surface area contributed by atoms with Crippen molar-refractivity contribution >= 4 is 5.69 Å².